The number of carbonyl (C=O) groups is 2. The summed E-state index contributed by atoms with van der Waals surface area (Å²) >= 11 is 0. The summed E-state index contributed by atoms with van der Waals surface area (Å²) in [7, 11) is 0. The van der Waals surface area contributed by atoms with Crippen molar-refractivity contribution in [3.63, 3.8) is 0 Å². The molecule has 1 saturated carbocycles. The van der Waals surface area contributed by atoms with Crippen molar-refractivity contribution >= 4 is 17.9 Å². The number of hydrogen-bond acceptors (Lipinski definition) is 5. The fourth-order valence-corrected chi connectivity index (χ4v) is 2.82. The van der Waals surface area contributed by atoms with Crippen LogP contribution in [-0.4, -0.2) is 35.7 Å². The highest BCUT2D eigenvalue weighted by atomic mass is 16.5. The van der Waals surface area contributed by atoms with Crippen molar-refractivity contribution in [2.45, 2.75) is 31.5 Å². The highest BCUT2D eigenvalue weighted by Crippen LogP contribution is 2.19. The summed E-state index contributed by atoms with van der Waals surface area (Å²) in [6.45, 7) is 0.776. The van der Waals surface area contributed by atoms with E-state index in [-0.39, 0.29) is 6.54 Å². The molecule has 1 fully saturated rings. The van der Waals surface area contributed by atoms with Gasteiger partial charge in [0.25, 0.3) is 11.8 Å². The Kier molecular flexibility index (Phi) is 7.96. The van der Waals surface area contributed by atoms with Crippen molar-refractivity contribution in [2.24, 2.45) is 5.73 Å². The first-order valence-corrected chi connectivity index (χ1v) is 10.1. The van der Waals surface area contributed by atoms with Crippen LogP contribution in [0.25, 0.3) is 6.08 Å². The number of rotatable bonds is 8. The molecule has 0 heterocycles. The molecule has 1 aliphatic carbocycles. The van der Waals surface area contributed by atoms with E-state index in [2.05, 4.69) is 46.7 Å². The SMILES string of the molecule is NC[C@H](NC(=O)c1ccc(C#CC=Cc2ccc(CNC3CC3)cc2)cc1)C(=O)NO. The van der Waals surface area contributed by atoms with Gasteiger partial charge in [-0.05, 0) is 60.4 Å². The smallest absolute Gasteiger partial charge is 0.267 e. The summed E-state index contributed by atoms with van der Waals surface area (Å²) < 4.78 is 0. The third kappa shape index (κ3) is 7.08. The Hall–Kier alpha value is -3.44. The molecule has 0 radical (unpaired) electrons. The second kappa shape index (κ2) is 11.1. The Morgan fingerprint density at radius 3 is 2.45 bits per heavy atom. The predicted molar refractivity (Wildman–Crippen MR) is 119 cm³/mol. The first-order valence-electron chi connectivity index (χ1n) is 10.1. The van der Waals surface area contributed by atoms with Crippen LogP contribution in [0.4, 0.5) is 0 Å². The second-order valence-corrected chi connectivity index (χ2v) is 7.31. The molecule has 3 rings (SSSR count). The Bertz CT molecular complexity index is 984. The molecular weight excluding hydrogens is 392 g/mol. The molecule has 31 heavy (non-hydrogen) atoms. The standard InChI is InChI=1S/C24H26N4O3/c25-15-22(24(30)28-31)27-23(29)20-11-9-18(10-12-20)4-2-1-3-17-5-7-19(8-6-17)16-26-21-13-14-21/h1,3,5-12,21-22,26,31H,13-16,25H2,(H,27,29)(H,28,30)/t22-/m0/s1. The molecule has 7 heteroatoms. The summed E-state index contributed by atoms with van der Waals surface area (Å²) in [6.07, 6.45) is 6.31. The molecule has 2 amide bonds. The average Bonchev–Trinajstić information content (AvgIpc) is 3.64. The van der Waals surface area contributed by atoms with Crippen LogP contribution >= 0.6 is 0 Å². The zero-order valence-corrected chi connectivity index (χ0v) is 17.1. The molecule has 0 aliphatic heterocycles. The van der Waals surface area contributed by atoms with E-state index in [1.54, 1.807) is 30.3 Å². The molecule has 0 unspecified atom stereocenters. The lowest BCUT2D eigenvalue weighted by molar-refractivity contribution is -0.130. The highest BCUT2D eigenvalue weighted by Gasteiger charge is 2.20. The maximum absolute atomic E-state index is 12.2. The molecule has 7 nitrogen and oxygen atoms in total. The molecule has 6 N–H and O–H groups in total. The molecule has 2 aromatic carbocycles. The lowest BCUT2D eigenvalue weighted by Gasteiger charge is -2.14. The van der Waals surface area contributed by atoms with Crippen LogP contribution in [0.15, 0.2) is 54.6 Å². The number of carbonyl (C=O) groups excluding carboxylic acids is 2. The molecule has 160 valence electrons. The fraction of sp³-hybridized carbons (Fsp3) is 0.250. The minimum Gasteiger partial charge on any atom is -0.339 e. The monoisotopic (exact) mass is 418 g/mol. The van der Waals surface area contributed by atoms with Gasteiger partial charge >= 0.3 is 0 Å². The van der Waals surface area contributed by atoms with Gasteiger partial charge in [0.1, 0.15) is 6.04 Å². The van der Waals surface area contributed by atoms with Crippen LogP contribution in [-0.2, 0) is 11.3 Å². The normalized spacial score (nSPS) is 13.9. The molecule has 0 aromatic heterocycles. The van der Waals surface area contributed by atoms with E-state index < -0.39 is 17.9 Å². The Balaban J connectivity index is 1.51. The number of nitrogens with two attached hydrogens (primary N) is 1. The number of hydroxylamine groups is 1. The molecule has 2 aromatic rings. The topological polar surface area (TPSA) is 116 Å². The van der Waals surface area contributed by atoms with E-state index in [1.807, 2.05) is 6.08 Å². The zero-order valence-electron chi connectivity index (χ0n) is 17.1. The lowest BCUT2D eigenvalue weighted by Crippen LogP contribution is -2.50. The largest absolute Gasteiger partial charge is 0.339 e. The molecule has 0 saturated heterocycles. The van der Waals surface area contributed by atoms with Crippen LogP contribution in [0.2, 0.25) is 0 Å². The van der Waals surface area contributed by atoms with Gasteiger partial charge in [-0.1, -0.05) is 36.1 Å². The van der Waals surface area contributed by atoms with E-state index in [4.69, 9.17) is 10.9 Å². The molecule has 1 atom stereocenters. The van der Waals surface area contributed by atoms with Gasteiger partial charge in [0.05, 0.1) is 0 Å². The van der Waals surface area contributed by atoms with Gasteiger partial charge < -0.3 is 16.4 Å². The summed E-state index contributed by atoms with van der Waals surface area (Å²) in [5.74, 6) is 4.77. The summed E-state index contributed by atoms with van der Waals surface area (Å²) in [5, 5.41) is 14.6. The Morgan fingerprint density at radius 2 is 1.84 bits per heavy atom. The maximum Gasteiger partial charge on any atom is 0.267 e. The third-order valence-electron chi connectivity index (χ3n) is 4.84. The van der Waals surface area contributed by atoms with Crippen molar-refractivity contribution in [1.29, 1.82) is 0 Å². The van der Waals surface area contributed by atoms with E-state index in [0.717, 1.165) is 17.7 Å². The molecular formula is C24H26N4O3. The number of amides is 2. The lowest BCUT2D eigenvalue weighted by atomic mass is 10.1. The summed E-state index contributed by atoms with van der Waals surface area (Å²) in [6, 6.07) is 14.7. The van der Waals surface area contributed by atoms with Gasteiger partial charge in [-0.2, -0.15) is 0 Å². The highest BCUT2D eigenvalue weighted by molar-refractivity contribution is 5.97. The van der Waals surface area contributed by atoms with E-state index in [9.17, 15) is 9.59 Å². The fourth-order valence-electron chi connectivity index (χ4n) is 2.82. The first-order chi connectivity index (χ1) is 15.1. The first kappa shape index (κ1) is 22.2. The second-order valence-electron chi connectivity index (χ2n) is 7.31. The van der Waals surface area contributed by atoms with Crippen LogP contribution < -0.4 is 21.8 Å². The summed E-state index contributed by atoms with van der Waals surface area (Å²) in [4.78, 5) is 23.6. The van der Waals surface area contributed by atoms with Gasteiger partial charge in [0, 0.05) is 30.3 Å². The quantitative estimate of drug-likeness (QED) is 0.253. The third-order valence-corrected chi connectivity index (χ3v) is 4.84. The number of allylic oxidation sites excluding steroid dienone is 1. The number of nitrogens with one attached hydrogen (secondary N) is 3. The number of hydrogen-bond donors (Lipinski definition) is 5. The van der Waals surface area contributed by atoms with Crippen molar-refractivity contribution in [2.75, 3.05) is 6.54 Å². The average molecular weight is 418 g/mol. The van der Waals surface area contributed by atoms with E-state index in [1.165, 1.54) is 23.9 Å². The Morgan fingerprint density at radius 1 is 1.13 bits per heavy atom. The summed E-state index contributed by atoms with van der Waals surface area (Å²) in [5.41, 5.74) is 10.4. The van der Waals surface area contributed by atoms with Crippen molar-refractivity contribution in [3.05, 3.63) is 76.9 Å². The molecule has 1 aliphatic rings. The van der Waals surface area contributed by atoms with Crippen LogP contribution in [0.5, 0.6) is 0 Å². The predicted octanol–water partition coefficient (Wildman–Crippen LogP) is 1.57. The number of benzene rings is 2. The van der Waals surface area contributed by atoms with Crippen LogP contribution in [0, 0.1) is 11.8 Å². The van der Waals surface area contributed by atoms with Crippen molar-refractivity contribution in [1.82, 2.24) is 16.1 Å². The molecule has 0 bridgehead atoms. The minimum atomic E-state index is -1.01. The maximum atomic E-state index is 12.2. The van der Waals surface area contributed by atoms with E-state index in [0.29, 0.717) is 11.6 Å². The van der Waals surface area contributed by atoms with Gasteiger partial charge in [0.15, 0.2) is 0 Å². The van der Waals surface area contributed by atoms with Gasteiger partial charge in [0.2, 0.25) is 0 Å². The van der Waals surface area contributed by atoms with Crippen LogP contribution in [0.1, 0.15) is 39.9 Å². The van der Waals surface area contributed by atoms with Crippen LogP contribution in [0.3, 0.4) is 0 Å². The van der Waals surface area contributed by atoms with Gasteiger partial charge in [-0.3, -0.25) is 14.8 Å². The van der Waals surface area contributed by atoms with Crippen molar-refractivity contribution in [3.8, 4) is 11.8 Å². The van der Waals surface area contributed by atoms with Crippen molar-refractivity contribution < 1.29 is 14.8 Å². The molecule has 0 spiro atoms. The zero-order chi connectivity index (χ0) is 22.1. The minimum absolute atomic E-state index is 0.131. The van der Waals surface area contributed by atoms with E-state index >= 15 is 0 Å². The van der Waals surface area contributed by atoms with Gasteiger partial charge in [-0.25, -0.2) is 5.48 Å². The van der Waals surface area contributed by atoms with Gasteiger partial charge in [-0.15, -0.1) is 0 Å². The Labute approximate surface area is 181 Å².